The first-order valence-corrected chi connectivity index (χ1v) is 11.1. The highest BCUT2D eigenvalue weighted by molar-refractivity contribution is 7.12. The molecule has 3 aromatic heterocycles. The van der Waals surface area contributed by atoms with Crippen molar-refractivity contribution in [1.29, 1.82) is 0 Å². The molecule has 3 heterocycles. The van der Waals surface area contributed by atoms with E-state index in [1.807, 2.05) is 13.8 Å². The number of hydrogen-bond donors (Lipinski definition) is 2. The van der Waals surface area contributed by atoms with Gasteiger partial charge in [-0.15, -0.1) is 11.3 Å². The van der Waals surface area contributed by atoms with E-state index in [0.29, 0.717) is 17.7 Å². The summed E-state index contributed by atoms with van der Waals surface area (Å²) in [5.41, 5.74) is 15.8. The third-order valence-electron chi connectivity index (χ3n) is 5.26. The van der Waals surface area contributed by atoms with Gasteiger partial charge in [-0.2, -0.15) is 0 Å². The standard InChI is InChI=1S/C22H20Cl2FN3O2S/c1-9-16(6-26)31-11(3)17(9)13-8-29-20-12(13)7-28-22(27)21(20)30-10(2)18-14(23)4-5-15(25)19(18)24/h4-5,7-8,10H,6,26H2,1-3H3,(H2,27,28)/t10-/m1/s1. The fourth-order valence-corrected chi connectivity index (χ4v) is 5.49. The van der Waals surface area contributed by atoms with Crippen LogP contribution in [-0.2, 0) is 6.54 Å². The minimum atomic E-state index is -0.701. The van der Waals surface area contributed by atoms with Crippen LogP contribution in [0.15, 0.2) is 29.0 Å². The molecule has 0 aliphatic heterocycles. The van der Waals surface area contributed by atoms with E-state index in [2.05, 4.69) is 4.98 Å². The Bertz CT molecular complexity index is 1300. The Hall–Kier alpha value is -2.32. The van der Waals surface area contributed by atoms with E-state index in [1.165, 1.54) is 12.1 Å². The number of halogens is 3. The molecule has 0 radical (unpaired) electrons. The monoisotopic (exact) mass is 479 g/mol. The van der Waals surface area contributed by atoms with E-state index in [4.69, 9.17) is 43.8 Å². The molecular weight excluding hydrogens is 460 g/mol. The van der Waals surface area contributed by atoms with Gasteiger partial charge in [-0.1, -0.05) is 23.2 Å². The lowest BCUT2D eigenvalue weighted by molar-refractivity contribution is 0.227. The zero-order valence-electron chi connectivity index (χ0n) is 17.1. The van der Waals surface area contributed by atoms with E-state index in [0.717, 1.165) is 31.8 Å². The lowest BCUT2D eigenvalue weighted by atomic mass is 10.0. The number of rotatable bonds is 5. The van der Waals surface area contributed by atoms with Crippen molar-refractivity contribution in [2.24, 2.45) is 5.73 Å². The summed E-state index contributed by atoms with van der Waals surface area (Å²) in [7, 11) is 0. The molecule has 9 heteroatoms. The normalized spacial score (nSPS) is 12.5. The highest BCUT2D eigenvalue weighted by atomic mass is 35.5. The zero-order valence-corrected chi connectivity index (χ0v) is 19.4. The van der Waals surface area contributed by atoms with Gasteiger partial charge < -0.3 is 20.6 Å². The molecule has 0 saturated heterocycles. The van der Waals surface area contributed by atoms with Crippen LogP contribution in [0.25, 0.3) is 22.1 Å². The molecule has 0 aliphatic carbocycles. The number of anilines is 1. The third-order valence-corrected chi connectivity index (χ3v) is 7.20. The summed E-state index contributed by atoms with van der Waals surface area (Å²) in [6.07, 6.45) is 2.61. The largest absolute Gasteiger partial charge is 0.478 e. The molecule has 0 unspecified atom stereocenters. The number of aryl methyl sites for hydroxylation is 1. The van der Waals surface area contributed by atoms with Gasteiger partial charge in [-0.3, -0.25) is 0 Å². The molecule has 162 valence electrons. The van der Waals surface area contributed by atoms with Gasteiger partial charge >= 0.3 is 0 Å². The molecule has 4 rings (SSSR count). The molecule has 0 bridgehead atoms. The number of ether oxygens (including phenoxy) is 1. The molecule has 0 saturated carbocycles. The van der Waals surface area contributed by atoms with E-state index < -0.39 is 11.9 Å². The number of aromatic nitrogens is 1. The Morgan fingerprint density at radius 2 is 2.03 bits per heavy atom. The van der Waals surface area contributed by atoms with Crippen molar-refractivity contribution in [3.8, 4) is 16.9 Å². The zero-order chi connectivity index (χ0) is 22.4. The minimum Gasteiger partial charge on any atom is -0.478 e. The summed E-state index contributed by atoms with van der Waals surface area (Å²) in [6, 6.07) is 2.64. The van der Waals surface area contributed by atoms with Gasteiger partial charge in [0.2, 0.25) is 5.75 Å². The van der Waals surface area contributed by atoms with Crippen LogP contribution >= 0.6 is 34.5 Å². The van der Waals surface area contributed by atoms with Crippen LogP contribution in [0.1, 0.15) is 33.9 Å². The minimum absolute atomic E-state index is 0.0994. The Morgan fingerprint density at radius 3 is 2.71 bits per heavy atom. The SMILES string of the molecule is Cc1sc(CN)c(C)c1-c1coc2c(O[C@H](C)c3c(Cl)ccc(F)c3Cl)c(N)ncc12. The molecule has 4 N–H and O–H groups in total. The summed E-state index contributed by atoms with van der Waals surface area (Å²) >= 11 is 14.0. The summed E-state index contributed by atoms with van der Waals surface area (Å²) in [6.45, 7) is 6.26. The molecule has 4 aromatic rings. The fraction of sp³-hybridized carbons (Fsp3) is 0.227. The number of thiophene rings is 1. The number of nitrogens with zero attached hydrogens (tertiary/aromatic N) is 1. The summed E-state index contributed by atoms with van der Waals surface area (Å²) < 4.78 is 25.9. The maximum atomic E-state index is 14.0. The summed E-state index contributed by atoms with van der Waals surface area (Å²) in [5.74, 6) is -0.192. The second kappa shape index (κ2) is 8.31. The van der Waals surface area contributed by atoms with Crippen molar-refractivity contribution >= 4 is 51.3 Å². The predicted octanol–water partition coefficient (Wildman–Crippen LogP) is 6.80. The highest BCUT2D eigenvalue weighted by Gasteiger charge is 2.24. The van der Waals surface area contributed by atoms with Crippen molar-refractivity contribution < 1.29 is 13.5 Å². The van der Waals surface area contributed by atoms with E-state index >= 15 is 0 Å². The topological polar surface area (TPSA) is 87.3 Å². The lowest BCUT2D eigenvalue weighted by Gasteiger charge is -2.18. The summed E-state index contributed by atoms with van der Waals surface area (Å²) in [5, 5.41) is 0.940. The number of benzene rings is 1. The quantitative estimate of drug-likeness (QED) is 0.307. The fourth-order valence-electron chi connectivity index (χ4n) is 3.74. The number of hydrogen-bond acceptors (Lipinski definition) is 6. The first-order chi connectivity index (χ1) is 14.7. The number of nitrogen functional groups attached to an aromatic ring is 1. The average Bonchev–Trinajstić information content (AvgIpc) is 3.27. The summed E-state index contributed by atoms with van der Waals surface area (Å²) in [4.78, 5) is 6.54. The van der Waals surface area contributed by atoms with Crippen molar-refractivity contribution in [3.63, 3.8) is 0 Å². The Kier molecular flexibility index (Phi) is 5.87. The van der Waals surface area contributed by atoms with Gasteiger partial charge in [-0.05, 0) is 38.5 Å². The van der Waals surface area contributed by atoms with Crippen LogP contribution in [0.5, 0.6) is 5.75 Å². The Balaban J connectivity index is 1.82. The van der Waals surface area contributed by atoms with Crippen molar-refractivity contribution in [1.82, 2.24) is 4.98 Å². The molecule has 0 aliphatic rings. The number of fused-ring (bicyclic) bond motifs is 1. The number of nitrogens with two attached hydrogens (primary N) is 2. The molecule has 1 aromatic carbocycles. The van der Waals surface area contributed by atoms with Crippen molar-refractivity contribution in [2.75, 3.05) is 5.73 Å². The van der Waals surface area contributed by atoms with Gasteiger partial charge in [-0.25, -0.2) is 9.37 Å². The molecule has 31 heavy (non-hydrogen) atoms. The van der Waals surface area contributed by atoms with Crippen LogP contribution in [0.2, 0.25) is 10.0 Å². The van der Waals surface area contributed by atoms with Crippen LogP contribution in [0.4, 0.5) is 10.2 Å². The lowest BCUT2D eigenvalue weighted by Crippen LogP contribution is -2.08. The maximum absolute atomic E-state index is 14.0. The molecular formula is C22H20Cl2FN3O2S. The number of pyridine rings is 1. The van der Waals surface area contributed by atoms with Gasteiger partial charge in [0, 0.05) is 44.2 Å². The van der Waals surface area contributed by atoms with Crippen molar-refractivity contribution in [3.05, 3.63) is 61.3 Å². The smallest absolute Gasteiger partial charge is 0.205 e. The van der Waals surface area contributed by atoms with Gasteiger partial charge in [0.25, 0.3) is 0 Å². The van der Waals surface area contributed by atoms with Crippen LogP contribution < -0.4 is 16.2 Å². The highest BCUT2D eigenvalue weighted by Crippen LogP contribution is 2.44. The van der Waals surface area contributed by atoms with E-state index in [9.17, 15) is 4.39 Å². The van der Waals surface area contributed by atoms with Crippen molar-refractivity contribution in [2.45, 2.75) is 33.4 Å². The number of furan rings is 1. The second-order valence-electron chi connectivity index (χ2n) is 7.17. The van der Waals surface area contributed by atoms with Crippen LogP contribution in [0, 0.1) is 19.7 Å². The van der Waals surface area contributed by atoms with Crippen LogP contribution in [0.3, 0.4) is 0 Å². The van der Waals surface area contributed by atoms with Gasteiger partial charge in [0.1, 0.15) is 11.9 Å². The van der Waals surface area contributed by atoms with E-state index in [1.54, 1.807) is 30.7 Å². The Labute approximate surface area is 192 Å². The molecule has 0 fully saturated rings. The van der Waals surface area contributed by atoms with Gasteiger partial charge in [0.05, 0.1) is 16.7 Å². The molecule has 0 amide bonds. The van der Waals surface area contributed by atoms with E-state index in [-0.39, 0.29) is 21.6 Å². The third kappa shape index (κ3) is 3.65. The first kappa shape index (κ1) is 21.9. The molecule has 0 spiro atoms. The first-order valence-electron chi connectivity index (χ1n) is 9.49. The average molecular weight is 480 g/mol. The molecule has 1 atom stereocenters. The maximum Gasteiger partial charge on any atom is 0.205 e. The Morgan fingerprint density at radius 1 is 1.29 bits per heavy atom. The predicted molar refractivity (Wildman–Crippen MR) is 125 cm³/mol. The van der Waals surface area contributed by atoms with Gasteiger partial charge in [0.15, 0.2) is 11.4 Å². The van der Waals surface area contributed by atoms with Crippen LogP contribution in [-0.4, -0.2) is 4.98 Å². The molecule has 5 nitrogen and oxygen atoms in total. The second-order valence-corrected chi connectivity index (χ2v) is 9.26.